The molecule has 7 heteroatoms. The molecule has 0 fully saturated rings. The fourth-order valence-electron chi connectivity index (χ4n) is 3.86. The summed E-state index contributed by atoms with van der Waals surface area (Å²) in [5.74, 6) is -1.88. The maximum atomic E-state index is 15.0. The second-order valence-electron chi connectivity index (χ2n) is 7.84. The molecule has 2 aromatic heterocycles. The molecule has 32 heavy (non-hydrogen) atoms. The van der Waals surface area contributed by atoms with Gasteiger partial charge in [-0.2, -0.15) is 13.2 Å². The number of aromatic hydroxyl groups is 1. The second kappa shape index (κ2) is 8.22. The van der Waals surface area contributed by atoms with Crippen LogP contribution < -0.4 is 0 Å². The molecule has 1 unspecified atom stereocenters. The van der Waals surface area contributed by atoms with Gasteiger partial charge in [-0.3, -0.25) is 4.98 Å². The fourth-order valence-corrected chi connectivity index (χ4v) is 3.86. The van der Waals surface area contributed by atoms with Crippen molar-refractivity contribution in [1.82, 2.24) is 9.97 Å². The van der Waals surface area contributed by atoms with Crippen molar-refractivity contribution in [2.45, 2.75) is 32.4 Å². The van der Waals surface area contributed by atoms with Crippen molar-refractivity contribution in [3.63, 3.8) is 0 Å². The summed E-state index contributed by atoms with van der Waals surface area (Å²) in [7, 11) is 0. The maximum absolute atomic E-state index is 15.0. The topological polar surface area (TPSA) is 46.0 Å². The van der Waals surface area contributed by atoms with Crippen LogP contribution in [0, 0.1) is 19.7 Å². The molecule has 3 nitrogen and oxygen atoms in total. The van der Waals surface area contributed by atoms with Gasteiger partial charge in [0.1, 0.15) is 17.1 Å². The number of phenols is 1. The molecule has 0 spiro atoms. The average molecular weight is 440 g/mol. The summed E-state index contributed by atoms with van der Waals surface area (Å²) in [6.45, 7) is 3.67. The lowest BCUT2D eigenvalue weighted by molar-refractivity contribution is -0.137. The molecule has 1 N–H and O–H groups in total. The molecule has 4 aromatic rings. The van der Waals surface area contributed by atoms with E-state index in [1.165, 1.54) is 0 Å². The first-order valence-electron chi connectivity index (χ1n) is 10.0. The van der Waals surface area contributed by atoms with E-state index >= 15 is 0 Å². The molecule has 0 amide bonds. The lowest BCUT2D eigenvalue weighted by Crippen LogP contribution is -2.12. The van der Waals surface area contributed by atoms with E-state index in [2.05, 4.69) is 9.97 Å². The summed E-state index contributed by atoms with van der Waals surface area (Å²) in [5.41, 5.74) is 1.99. The first kappa shape index (κ1) is 21.7. The van der Waals surface area contributed by atoms with E-state index in [9.17, 15) is 22.7 Å². The third-order valence-corrected chi connectivity index (χ3v) is 5.47. The predicted octanol–water partition coefficient (Wildman–Crippen LogP) is 6.48. The Labute approximate surface area is 182 Å². The first-order chi connectivity index (χ1) is 15.1. The van der Waals surface area contributed by atoms with Gasteiger partial charge in [-0.1, -0.05) is 24.3 Å². The van der Waals surface area contributed by atoms with E-state index in [1.54, 1.807) is 25.3 Å². The van der Waals surface area contributed by atoms with E-state index in [-0.39, 0.29) is 17.7 Å². The minimum atomic E-state index is -4.65. The number of phenolic OH excluding ortho intramolecular Hbond substituents is 1. The van der Waals surface area contributed by atoms with Crippen LogP contribution in [0.3, 0.4) is 0 Å². The Morgan fingerprint density at radius 1 is 0.938 bits per heavy atom. The van der Waals surface area contributed by atoms with E-state index in [0.29, 0.717) is 33.9 Å². The molecule has 4 rings (SSSR count). The lowest BCUT2D eigenvalue weighted by atomic mass is 9.85. The van der Waals surface area contributed by atoms with Crippen molar-refractivity contribution < 1.29 is 22.7 Å². The number of aryl methyl sites for hydroxylation is 2. The van der Waals surface area contributed by atoms with Crippen LogP contribution in [-0.2, 0) is 12.6 Å². The molecule has 0 saturated carbocycles. The van der Waals surface area contributed by atoms with Gasteiger partial charge < -0.3 is 5.11 Å². The number of halogens is 4. The van der Waals surface area contributed by atoms with Gasteiger partial charge in [0.05, 0.1) is 5.56 Å². The molecule has 164 valence electrons. The number of hydrogen-bond acceptors (Lipinski definition) is 3. The quantitative estimate of drug-likeness (QED) is 0.369. The van der Waals surface area contributed by atoms with Gasteiger partial charge in [-0.15, -0.1) is 0 Å². The number of rotatable bonds is 4. The summed E-state index contributed by atoms with van der Waals surface area (Å²) < 4.78 is 54.2. The SMILES string of the molecule is Cc1ccnc(CC(c2ccc(C(F)(F)F)cc2F)c2ccc3ccc(C)nc3c2O)c1. The standard InChI is InChI=1S/C25H20F4N2O/c1-14-9-10-30-18(11-14)13-21(19-8-6-17(12-22(19)26)25(27,28)29)20-7-5-16-4-3-15(2)31-23(16)24(20)32/h3-12,21,32H,13H2,1-2H3. The zero-order valence-electron chi connectivity index (χ0n) is 17.4. The van der Waals surface area contributed by atoms with E-state index in [0.717, 1.165) is 17.7 Å². The average Bonchev–Trinajstić information content (AvgIpc) is 2.73. The van der Waals surface area contributed by atoms with E-state index in [1.807, 2.05) is 31.2 Å². The summed E-state index contributed by atoms with van der Waals surface area (Å²) in [4.78, 5) is 8.72. The Hall–Kier alpha value is -3.48. The van der Waals surface area contributed by atoms with Crippen LogP contribution in [0.5, 0.6) is 5.75 Å². The number of aromatic nitrogens is 2. The Kier molecular flexibility index (Phi) is 5.59. The zero-order chi connectivity index (χ0) is 23.0. The highest BCUT2D eigenvalue weighted by Gasteiger charge is 2.32. The maximum Gasteiger partial charge on any atom is 0.416 e. The van der Waals surface area contributed by atoms with Gasteiger partial charge in [0, 0.05) is 40.9 Å². The minimum Gasteiger partial charge on any atom is -0.505 e. The monoisotopic (exact) mass is 440 g/mol. The van der Waals surface area contributed by atoms with Crippen molar-refractivity contribution in [3.05, 3.63) is 100 Å². The van der Waals surface area contributed by atoms with Gasteiger partial charge >= 0.3 is 6.18 Å². The van der Waals surface area contributed by atoms with Crippen LogP contribution >= 0.6 is 0 Å². The smallest absolute Gasteiger partial charge is 0.416 e. The molecule has 2 heterocycles. The van der Waals surface area contributed by atoms with E-state index in [4.69, 9.17) is 0 Å². The minimum absolute atomic E-state index is 0.0450. The van der Waals surface area contributed by atoms with Gasteiger partial charge in [0.25, 0.3) is 0 Å². The molecular weight excluding hydrogens is 420 g/mol. The number of hydrogen-bond donors (Lipinski definition) is 1. The summed E-state index contributed by atoms with van der Waals surface area (Å²) in [6.07, 6.45) is -2.84. The van der Waals surface area contributed by atoms with Crippen molar-refractivity contribution in [1.29, 1.82) is 0 Å². The van der Waals surface area contributed by atoms with Crippen molar-refractivity contribution in [2.75, 3.05) is 0 Å². The molecule has 0 saturated heterocycles. The highest BCUT2D eigenvalue weighted by Crippen LogP contribution is 2.40. The van der Waals surface area contributed by atoms with Gasteiger partial charge in [-0.05, 0) is 55.3 Å². The molecular formula is C25H20F4N2O. The van der Waals surface area contributed by atoms with Crippen LogP contribution in [0.4, 0.5) is 17.6 Å². The number of nitrogens with zero attached hydrogens (tertiary/aromatic N) is 2. The summed E-state index contributed by atoms with van der Waals surface area (Å²) >= 11 is 0. The molecule has 0 aliphatic carbocycles. The molecule has 0 aliphatic heterocycles. The molecule has 0 radical (unpaired) electrons. The fraction of sp³-hybridized carbons (Fsp3) is 0.200. The highest BCUT2D eigenvalue weighted by molar-refractivity contribution is 5.86. The van der Waals surface area contributed by atoms with Crippen LogP contribution in [0.15, 0.2) is 60.8 Å². The predicted molar refractivity (Wildman–Crippen MR) is 114 cm³/mol. The summed E-state index contributed by atoms with van der Waals surface area (Å²) in [5, 5.41) is 11.7. The molecule has 2 aromatic carbocycles. The van der Waals surface area contributed by atoms with Crippen molar-refractivity contribution in [2.24, 2.45) is 0 Å². The highest BCUT2D eigenvalue weighted by atomic mass is 19.4. The number of pyridine rings is 2. The largest absolute Gasteiger partial charge is 0.505 e. The lowest BCUT2D eigenvalue weighted by Gasteiger charge is -2.21. The van der Waals surface area contributed by atoms with Crippen LogP contribution in [0.2, 0.25) is 0 Å². The first-order valence-corrected chi connectivity index (χ1v) is 10.0. The normalized spacial score (nSPS) is 12.8. The van der Waals surface area contributed by atoms with Gasteiger partial charge in [0.15, 0.2) is 0 Å². The number of alkyl halides is 3. The second-order valence-corrected chi connectivity index (χ2v) is 7.84. The number of benzene rings is 2. The Bertz CT molecular complexity index is 1300. The Balaban J connectivity index is 1.89. The molecule has 0 bridgehead atoms. The Morgan fingerprint density at radius 2 is 1.66 bits per heavy atom. The zero-order valence-corrected chi connectivity index (χ0v) is 17.4. The van der Waals surface area contributed by atoms with Gasteiger partial charge in [-0.25, -0.2) is 9.37 Å². The van der Waals surface area contributed by atoms with Crippen molar-refractivity contribution >= 4 is 10.9 Å². The molecule has 1 atom stereocenters. The number of fused-ring (bicyclic) bond motifs is 1. The van der Waals surface area contributed by atoms with Crippen LogP contribution in [0.25, 0.3) is 10.9 Å². The Morgan fingerprint density at radius 3 is 2.34 bits per heavy atom. The van der Waals surface area contributed by atoms with Gasteiger partial charge in [0.2, 0.25) is 0 Å². The van der Waals surface area contributed by atoms with E-state index < -0.39 is 23.5 Å². The van der Waals surface area contributed by atoms with Crippen LogP contribution in [0.1, 0.15) is 39.6 Å². The van der Waals surface area contributed by atoms with Crippen LogP contribution in [-0.4, -0.2) is 15.1 Å². The third kappa shape index (κ3) is 4.28. The molecule has 0 aliphatic rings. The third-order valence-electron chi connectivity index (χ3n) is 5.47. The summed E-state index contributed by atoms with van der Waals surface area (Å²) in [6, 6.07) is 13.2. The van der Waals surface area contributed by atoms with Crippen molar-refractivity contribution in [3.8, 4) is 5.75 Å².